The molecule has 0 atom stereocenters. The van der Waals surface area contributed by atoms with E-state index >= 15 is 0 Å². The van der Waals surface area contributed by atoms with Gasteiger partial charge in [0.15, 0.2) is 5.13 Å². The molecule has 7 nitrogen and oxygen atoms in total. The van der Waals surface area contributed by atoms with E-state index in [2.05, 4.69) is 10.3 Å². The van der Waals surface area contributed by atoms with Crippen LogP contribution in [0.15, 0.2) is 21.7 Å². The van der Waals surface area contributed by atoms with Crippen LogP contribution in [0.1, 0.15) is 28.2 Å². The number of carbonyl (C=O) groups excluding carboxylic acids is 3. The fourth-order valence-electron chi connectivity index (χ4n) is 2.81. The summed E-state index contributed by atoms with van der Waals surface area (Å²) in [5.74, 6) is -0.368. The van der Waals surface area contributed by atoms with Crippen molar-refractivity contribution in [3.63, 3.8) is 0 Å². The van der Waals surface area contributed by atoms with Gasteiger partial charge in [0.05, 0.1) is 20.5 Å². The molecule has 0 aliphatic carbocycles. The summed E-state index contributed by atoms with van der Waals surface area (Å²) in [7, 11) is 0. The number of nitrogens with zero attached hydrogens (tertiary/aromatic N) is 2. The fourth-order valence-corrected chi connectivity index (χ4v) is 5.39. The summed E-state index contributed by atoms with van der Waals surface area (Å²) in [4.78, 5) is 42.7. The maximum absolute atomic E-state index is 12.5. The van der Waals surface area contributed by atoms with E-state index in [1.807, 2.05) is 29.3 Å². The van der Waals surface area contributed by atoms with E-state index in [1.165, 1.54) is 34.4 Å². The van der Waals surface area contributed by atoms with Crippen molar-refractivity contribution >= 4 is 57.3 Å². The zero-order valence-corrected chi connectivity index (χ0v) is 17.2. The lowest BCUT2D eigenvalue weighted by molar-refractivity contribution is -0.121. The summed E-state index contributed by atoms with van der Waals surface area (Å²) in [5, 5.41) is 5.29. The monoisotopic (exact) mass is 424 g/mol. The van der Waals surface area contributed by atoms with E-state index in [4.69, 9.17) is 5.73 Å². The number of nitrogens with two attached hydrogens (primary N) is 1. The Kier molecular flexibility index (Phi) is 6.51. The standard InChI is InChI=1S/C17H20N4O3S3/c1-10-16(26-9-13(18)22)27-17(19-10)20-14(23)11-4-6-21(7-5-11)15(24)12-3-2-8-25-12/h2-3,8,11H,4-7,9H2,1H3,(H2,18,22)(H,19,20,23). The number of hydrogen-bond donors (Lipinski definition) is 2. The Morgan fingerprint density at radius 3 is 2.74 bits per heavy atom. The number of nitrogens with one attached hydrogen (secondary N) is 1. The van der Waals surface area contributed by atoms with Crippen LogP contribution in [-0.4, -0.2) is 46.4 Å². The van der Waals surface area contributed by atoms with Gasteiger partial charge in [-0.1, -0.05) is 17.4 Å². The number of thioether (sulfide) groups is 1. The first kappa shape index (κ1) is 19.8. The van der Waals surface area contributed by atoms with Crippen LogP contribution in [0.2, 0.25) is 0 Å². The Balaban J connectivity index is 1.52. The number of thiophene rings is 1. The van der Waals surface area contributed by atoms with Crippen molar-refractivity contribution in [3.8, 4) is 0 Å². The minimum atomic E-state index is -0.387. The number of likely N-dealkylation sites (tertiary alicyclic amines) is 1. The number of thiazole rings is 1. The van der Waals surface area contributed by atoms with Crippen molar-refractivity contribution in [2.45, 2.75) is 24.0 Å². The number of anilines is 1. The molecule has 0 radical (unpaired) electrons. The molecule has 0 bridgehead atoms. The van der Waals surface area contributed by atoms with E-state index in [1.54, 1.807) is 0 Å². The van der Waals surface area contributed by atoms with Crippen LogP contribution in [0.5, 0.6) is 0 Å². The number of carbonyl (C=O) groups is 3. The van der Waals surface area contributed by atoms with Crippen LogP contribution in [-0.2, 0) is 9.59 Å². The summed E-state index contributed by atoms with van der Waals surface area (Å²) in [6.45, 7) is 2.99. The van der Waals surface area contributed by atoms with Crippen molar-refractivity contribution in [1.29, 1.82) is 0 Å². The first-order valence-corrected chi connectivity index (χ1v) is 11.1. The number of rotatable bonds is 6. The molecule has 1 fully saturated rings. The van der Waals surface area contributed by atoms with Crippen molar-refractivity contribution in [2.24, 2.45) is 11.7 Å². The van der Waals surface area contributed by atoms with Crippen LogP contribution in [0.4, 0.5) is 5.13 Å². The van der Waals surface area contributed by atoms with Crippen molar-refractivity contribution in [1.82, 2.24) is 9.88 Å². The van der Waals surface area contributed by atoms with Gasteiger partial charge in [0, 0.05) is 19.0 Å². The topological polar surface area (TPSA) is 105 Å². The summed E-state index contributed by atoms with van der Waals surface area (Å²) >= 11 is 4.11. The minimum absolute atomic E-state index is 0.0375. The fraction of sp³-hybridized carbons (Fsp3) is 0.412. The van der Waals surface area contributed by atoms with Gasteiger partial charge in [-0.05, 0) is 31.2 Å². The summed E-state index contributed by atoms with van der Waals surface area (Å²) in [6, 6.07) is 3.69. The summed E-state index contributed by atoms with van der Waals surface area (Å²) < 4.78 is 0.875. The van der Waals surface area contributed by atoms with Gasteiger partial charge in [-0.2, -0.15) is 0 Å². The Morgan fingerprint density at radius 2 is 2.11 bits per heavy atom. The molecule has 1 saturated heterocycles. The molecule has 1 aliphatic heterocycles. The zero-order chi connectivity index (χ0) is 19.4. The smallest absolute Gasteiger partial charge is 0.263 e. The Labute approximate surface area is 169 Å². The second-order valence-electron chi connectivity index (χ2n) is 6.18. The Morgan fingerprint density at radius 1 is 1.37 bits per heavy atom. The van der Waals surface area contributed by atoms with Gasteiger partial charge in [0.1, 0.15) is 0 Å². The number of aryl methyl sites for hydroxylation is 1. The highest BCUT2D eigenvalue weighted by molar-refractivity contribution is 8.01. The average Bonchev–Trinajstić information content (AvgIpc) is 3.29. The molecule has 2 aromatic rings. The molecule has 2 aromatic heterocycles. The summed E-state index contributed by atoms with van der Waals surface area (Å²) in [5.41, 5.74) is 5.94. The van der Waals surface area contributed by atoms with Crippen LogP contribution in [0.3, 0.4) is 0 Å². The predicted octanol–water partition coefficient (Wildman–Crippen LogP) is 2.58. The zero-order valence-electron chi connectivity index (χ0n) is 14.8. The number of amides is 3. The van der Waals surface area contributed by atoms with Gasteiger partial charge >= 0.3 is 0 Å². The quantitative estimate of drug-likeness (QED) is 0.694. The molecule has 27 heavy (non-hydrogen) atoms. The number of piperidine rings is 1. The second-order valence-corrected chi connectivity index (χ2v) is 9.37. The molecule has 3 rings (SSSR count). The van der Waals surface area contributed by atoms with E-state index in [0.717, 1.165) is 14.8 Å². The highest BCUT2D eigenvalue weighted by Crippen LogP contribution is 2.32. The van der Waals surface area contributed by atoms with Gasteiger partial charge in [-0.3, -0.25) is 14.4 Å². The molecule has 3 amide bonds. The second kappa shape index (κ2) is 8.85. The van der Waals surface area contributed by atoms with Crippen molar-refractivity contribution in [2.75, 3.05) is 24.2 Å². The van der Waals surface area contributed by atoms with E-state index in [0.29, 0.717) is 31.1 Å². The number of hydrogen-bond acceptors (Lipinski definition) is 7. The van der Waals surface area contributed by atoms with Gasteiger partial charge in [-0.25, -0.2) is 4.98 Å². The highest BCUT2D eigenvalue weighted by Gasteiger charge is 2.28. The Hall–Kier alpha value is -1.91. The van der Waals surface area contributed by atoms with Crippen LogP contribution >= 0.6 is 34.4 Å². The molecule has 1 aliphatic rings. The molecule has 3 heterocycles. The van der Waals surface area contributed by atoms with Crippen molar-refractivity contribution in [3.05, 3.63) is 28.1 Å². The highest BCUT2D eigenvalue weighted by atomic mass is 32.2. The molecule has 10 heteroatoms. The maximum atomic E-state index is 12.5. The normalized spacial score (nSPS) is 14.9. The van der Waals surface area contributed by atoms with E-state index < -0.39 is 0 Å². The lowest BCUT2D eigenvalue weighted by atomic mass is 9.96. The van der Waals surface area contributed by atoms with Gasteiger partial charge < -0.3 is 16.0 Å². The predicted molar refractivity (Wildman–Crippen MR) is 108 cm³/mol. The first-order chi connectivity index (χ1) is 12.9. The van der Waals surface area contributed by atoms with Crippen LogP contribution < -0.4 is 11.1 Å². The average molecular weight is 425 g/mol. The lowest BCUT2D eigenvalue weighted by Gasteiger charge is -2.30. The molecular formula is C17H20N4O3S3. The molecule has 144 valence electrons. The van der Waals surface area contributed by atoms with Crippen LogP contribution in [0.25, 0.3) is 0 Å². The van der Waals surface area contributed by atoms with Crippen molar-refractivity contribution < 1.29 is 14.4 Å². The third kappa shape index (κ3) is 5.08. The number of primary amides is 1. The molecule has 0 unspecified atom stereocenters. The van der Waals surface area contributed by atoms with Gasteiger partial charge in [-0.15, -0.1) is 23.1 Å². The molecule has 0 aromatic carbocycles. The minimum Gasteiger partial charge on any atom is -0.369 e. The third-order valence-electron chi connectivity index (χ3n) is 4.21. The molecule has 3 N–H and O–H groups in total. The SMILES string of the molecule is Cc1nc(NC(=O)C2CCN(C(=O)c3cccs3)CC2)sc1SCC(N)=O. The molecule has 0 saturated carbocycles. The van der Waals surface area contributed by atoms with Gasteiger partial charge in [0.2, 0.25) is 11.8 Å². The summed E-state index contributed by atoms with van der Waals surface area (Å²) in [6.07, 6.45) is 1.27. The first-order valence-electron chi connectivity index (χ1n) is 8.46. The largest absolute Gasteiger partial charge is 0.369 e. The van der Waals surface area contributed by atoms with E-state index in [9.17, 15) is 14.4 Å². The van der Waals surface area contributed by atoms with Gasteiger partial charge in [0.25, 0.3) is 5.91 Å². The van der Waals surface area contributed by atoms with E-state index in [-0.39, 0.29) is 29.4 Å². The Bertz CT molecular complexity index is 827. The lowest BCUT2D eigenvalue weighted by Crippen LogP contribution is -2.41. The molecular weight excluding hydrogens is 404 g/mol. The van der Waals surface area contributed by atoms with Crippen LogP contribution in [0, 0.1) is 12.8 Å². The number of aromatic nitrogens is 1. The third-order valence-corrected chi connectivity index (χ3v) is 7.53. The molecule has 0 spiro atoms. The maximum Gasteiger partial charge on any atom is 0.263 e.